The number of nitrogens with two attached hydrogens (primary N) is 1. The Morgan fingerprint density at radius 2 is 1.69 bits per heavy atom. The molecule has 0 bridgehead atoms. The number of rotatable bonds is 8. The Hall–Kier alpha value is -3.51. The molecule has 3 aromatic rings. The summed E-state index contributed by atoms with van der Waals surface area (Å²) >= 11 is 0. The lowest BCUT2D eigenvalue weighted by Gasteiger charge is -2.45. The molecule has 1 aromatic heterocycles. The zero-order valence-electron chi connectivity index (χ0n) is 18.1. The summed E-state index contributed by atoms with van der Waals surface area (Å²) in [6.07, 6.45) is 1.71. The van der Waals surface area contributed by atoms with E-state index in [-0.39, 0.29) is 24.2 Å². The molecule has 0 aliphatic carbocycles. The van der Waals surface area contributed by atoms with Gasteiger partial charge in [0.25, 0.3) is 0 Å². The maximum absolute atomic E-state index is 13.3. The number of nitrogens with zero attached hydrogens (tertiary/aromatic N) is 2. The number of likely N-dealkylation sites (tertiary alicyclic amines) is 1. The molecule has 4 rings (SSSR count). The van der Waals surface area contributed by atoms with Crippen molar-refractivity contribution in [3.63, 3.8) is 0 Å². The molecule has 1 fully saturated rings. The molecule has 1 aliphatic rings. The van der Waals surface area contributed by atoms with Crippen molar-refractivity contribution in [1.29, 1.82) is 0 Å². The predicted octanol–water partition coefficient (Wildman–Crippen LogP) is 3.78. The van der Waals surface area contributed by atoms with E-state index in [4.69, 9.17) is 10.5 Å². The fourth-order valence-corrected chi connectivity index (χ4v) is 4.29. The minimum Gasteiger partial charge on any atom is -0.384 e. The number of ether oxygens (including phenoxy) is 1. The number of β-lactam (4-membered cyclic amide) rings is 1. The highest BCUT2D eigenvalue weighted by Crippen LogP contribution is 2.35. The first kappa shape index (κ1) is 21.7. The van der Waals surface area contributed by atoms with Crippen molar-refractivity contribution in [3.8, 4) is 0 Å². The number of anilines is 1. The van der Waals surface area contributed by atoms with Crippen molar-refractivity contribution in [2.75, 3.05) is 12.3 Å². The summed E-state index contributed by atoms with van der Waals surface area (Å²) in [7, 11) is 0. The number of amides is 2. The number of benzene rings is 2. The smallest absolute Gasteiger partial charge is 0.239 e. The van der Waals surface area contributed by atoms with Crippen LogP contribution in [0.2, 0.25) is 0 Å². The van der Waals surface area contributed by atoms with Gasteiger partial charge in [-0.05, 0) is 42.2 Å². The van der Waals surface area contributed by atoms with E-state index >= 15 is 0 Å². The number of imide groups is 1. The van der Waals surface area contributed by atoms with Crippen LogP contribution in [-0.2, 0) is 20.7 Å². The average molecular weight is 430 g/mol. The van der Waals surface area contributed by atoms with Crippen LogP contribution in [-0.4, -0.2) is 34.5 Å². The van der Waals surface area contributed by atoms with E-state index in [1.807, 2.05) is 73.7 Å². The van der Waals surface area contributed by atoms with E-state index in [9.17, 15) is 9.59 Å². The van der Waals surface area contributed by atoms with Gasteiger partial charge in [0.15, 0.2) is 6.23 Å². The molecule has 0 spiro atoms. The van der Waals surface area contributed by atoms with Crippen LogP contribution in [0.3, 0.4) is 0 Å². The lowest BCUT2D eigenvalue weighted by molar-refractivity contribution is -0.196. The number of hydrogen-bond acceptors (Lipinski definition) is 5. The number of pyridine rings is 1. The third-order valence-electron chi connectivity index (χ3n) is 5.84. The molecule has 2 heterocycles. The maximum atomic E-state index is 13.3. The van der Waals surface area contributed by atoms with E-state index in [1.54, 1.807) is 12.3 Å². The van der Waals surface area contributed by atoms with Gasteiger partial charge >= 0.3 is 0 Å². The van der Waals surface area contributed by atoms with Crippen molar-refractivity contribution in [2.24, 2.45) is 5.92 Å². The largest absolute Gasteiger partial charge is 0.384 e. The van der Waals surface area contributed by atoms with Crippen molar-refractivity contribution >= 4 is 17.6 Å². The molecule has 0 saturated carbocycles. The first-order chi connectivity index (χ1) is 15.6. The first-order valence-corrected chi connectivity index (χ1v) is 10.9. The van der Waals surface area contributed by atoms with Crippen molar-refractivity contribution < 1.29 is 14.3 Å². The predicted molar refractivity (Wildman–Crippen MR) is 122 cm³/mol. The van der Waals surface area contributed by atoms with E-state index in [0.29, 0.717) is 18.8 Å². The third kappa shape index (κ3) is 4.55. The molecule has 32 heavy (non-hydrogen) atoms. The van der Waals surface area contributed by atoms with E-state index in [1.165, 1.54) is 4.90 Å². The summed E-state index contributed by atoms with van der Waals surface area (Å²) in [5, 5.41) is 0. The minimum absolute atomic E-state index is 0.140. The Bertz CT molecular complexity index is 1030. The average Bonchev–Trinajstić information content (AvgIpc) is 2.82. The van der Waals surface area contributed by atoms with Gasteiger partial charge in [0.1, 0.15) is 5.82 Å². The molecule has 1 aliphatic heterocycles. The minimum atomic E-state index is -0.568. The summed E-state index contributed by atoms with van der Waals surface area (Å²) in [5.41, 5.74) is 8.75. The van der Waals surface area contributed by atoms with Gasteiger partial charge in [-0.25, -0.2) is 4.98 Å². The van der Waals surface area contributed by atoms with Crippen LogP contribution in [0.4, 0.5) is 5.82 Å². The molecular weight excluding hydrogens is 402 g/mol. The van der Waals surface area contributed by atoms with Gasteiger partial charge in [-0.2, -0.15) is 0 Å². The molecular formula is C26H27N3O3. The zero-order valence-corrected chi connectivity index (χ0v) is 18.1. The van der Waals surface area contributed by atoms with E-state index in [0.717, 1.165) is 16.7 Å². The molecule has 2 N–H and O–H groups in total. The monoisotopic (exact) mass is 429 g/mol. The van der Waals surface area contributed by atoms with Gasteiger partial charge in [-0.15, -0.1) is 0 Å². The Morgan fingerprint density at radius 1 is 1.06 bits per heavy atom. The van der Waals surface area contributed by atoms with Crippen LogP contribution in [0, 0.1) is 5.92 Å². The fourth-order valence-electron chi connectivity index (χ4n) is 4.29. The Morgan fingerprint density at radius 3 is 2.25 bits per heavy atom. The van der Waals surface area contributed by atoms with Crippen LogP contribution in [0.15, 0.2) is 79.0 Å². The van der Waals surface area contributed by atoms with Crippen molar-refractivity contribution in [1.82, 2.24) is 9.88 Å². The fraction of sp³-hybridized carbons (Fsp3) is 0.269. The second kappa shape index (κ2) is 9.75. The highest BCUT2D eigenvalue weighted by molar-refractivity contribution is 6.02. The quantitative estimate of drug-likeness (QED) is 0.551. The van der Waals surface area contributed by atoms with Crippen LogP contribution in [0.1, 0.15) is 36.0 Å². The number of nitrogen functional groups attached to an aromatic ring is 1. The number of aromatic nitrogens is 1. The second-order valence-electron chi connectivity index (χ2n) is 7.93. The lowest BCUT2D eigenvalue weighted by atomic mass is 9.85. The summed E-state index contributed by atoms with van der Waals surface area (Å²) in [4.78, 5) is 31.6. The Kier molecular flexibility index (Phi) is 6.61. The first-order valence-electron chi connectivity index (χ1n) is 10.9. The molecule has 1 saturated heterocycles. The zero-order chi connectivity index (χ0) is 22.5. The van der Waals surface area contributed by atoms with Crippen molar-refractivity contribution in [3.05, 3.63) is 95.7 Å². The standard InChI is InChI=1S/C26H27N3O3/c1-2-32-26-22(15-18-13-14-28-23(27)16-18)25(31)29(26)24(30)17-21(19-9-5-3-6-10-19)20-11-7-4-8-12-20/h3-14,16,21-22,26H,2,15,17H2,1H3,(H2,27,28)/t22-,26+/m0/s1. The highest BCUT2D eigenvalue weighted by atomic mass is 16.5. The summed E-state index contributed by atoms with van der Waals surface area (Å²) in [6, 6.07) is 23.4. The number of carbonyl (C=O) groups is 2. The Balaban J connectivity index is 1.53. The maximum Gasteiger partial charge on any atom is 0.239 e. The molecule has 0 radical (unpaired) electrons. The van der Waals surface area contributed by atoms with Gasteiger partial charge in [0.05, 0.1) is 5.92 Å². The molecule has 164 valence electrons. The second-order valence-corrected chi connectivity index (χ2v) is 7.93. The van der Waals surface area contributed by atoms with Gasteiger partial charge in [0, 0.05) is 25.1 Å². The molecule has 6 heteroatoms. The third-order valence-corrected chi connectivity index (χ3v) is 5.84. The van der Waals surface area contributed by atoms with E-state index < -0.39 is 12.1 Å². The van der Waals surface area contributed by atoms with Crippen molar-refractivity contribution in [2.45, 2.75) is 31.9 Å². The summed E-state index contributed by atoms with van der Waals surface area (Å²) < 4.78 is 5.83. The molecule has 6 nitrogen and oxygen atoms in total. The van der Waals surface area contributed by atoms with Crippen LogP contribution in [0.5, 0.6) is 0 Å². The summed E-state index contributed by atoms with van der Waals surface area (Å²) in [6.45, 7) is 2.28. The number of carbonyl (C=O) groups excluding carboxylic acids is 2. The van der Waals surface area contributed by atoms with E-state index in [2.05, 4.69) is 4.98 Å². The van der Waals surface area contributed by atoms with Crippen LogP contribution < -0.4 is 5.73 Å². The van der Waals surface area contributed by atoms with Gasteiger partial charge in [-0.3, -0.25) is 14.5 Å². The van der Waals surface area contributed by atoms with Gasteiger partial charge in [-0.1, -0.05) is 60.7 Å². The van der Waals surface area contributed by atoms with Gasteiger partial charge in [0.2, 0.25) is 11.8 Å². The normalized spacial score (nSPS) is 17.9. The number of hydrogen-bond donors (Lipinski definition) is 1. The summed E-state index contributed by atoms with van der Waals surface area (Å²) in [5.74, 6) is -0.573. The highest BCUT2D eigenvalue weighted by Gasteiger charge is 2.51. The molecule has 2 atom stereocenters. The SMILES string of the molecule is CCO[C@@H]1[C@@H](Cc2ccnc(N)c2)C(=O)N1C(=O)CC(c1ccccc1)c1ccccc1. The molecule has 0 unspecified atom stereocenters. The Labute approximate surface area is 188 Å². The van der Waals surface area contributed by atoms with Gasteiger partial charge < -0.3 is 10.5 Å². The molecule has 2 amide bonds. The lowest BCUT2D eigenvalue weighted by Crippen LogP contribution is -2.64. The topological polar surface area (TPSA) is 85.5 Å². The molecule has 2 aromatic carbocycles. The van der Waals surface area contributed by atoms with Crippen LogP contribution >= 0.6 is 0 Å². The van der Waals surface area contributed by atoms with Crippen LogP contribution in [0.25, 0.3) is 0 Å².